The van der Waals surface area contributed by atoms with E-state index < -0.39 is 12.0 Å². The number of carbonyl (C=O) groups excluding carboxylic acids is 1. The van der Waals surface area contributed by atoms with Crippen LogP contribution in [0.4, 0.5) is 0 Å². The minimum absolute atomic E-state index is 0.117. The lowest BCUT2D eigenvalue weighted by Crippen LogP contribution is -2.23. The van der Waals surface area contributed by atoms with Gasteiger partial charge in [-0.05, 0) is 22.6 Å². The maximum atomic E-state index is 10.9. The first-order valence-electron chi connectivity index (χ1n) is 6.34. The van der Waals surface area contributed by atoms with Crippen LogP contribution >= 0.6 is 11.3 Å². The van der Waals surface area contributed by atoms with Crippen molar-refractivity contribution in [3.8, 4) is 11.8 Å². The molecule has 1 unspecified atom stereocenters. The summed E-state index contributed by atoms with van der Waals surface area (Å²) in [6.45, 7) is 1.41. The Morgan fingerprint density at radius 2 is 2.05 bits per heavy atom. The van der Waals surface area contributed by atoms with Gasteiger partial charge in [0.15, 0.2) is 0 Å². The molecule has 1 aromatic carbocycles. The number of hydrogen-bond donors (Lipinski definition) is 2. The second kappa shape index (κ2) is 7.04. The van der Waals surface area contributed by atoms with Gasteiger partial charge in [0, 0.05) is 17.9 Å². The predicted octanol–water partition coefficient (Wildman–Crippen LogP) is 2.57. The summed E-state index contributed by atoms with van der Waals surface area (Å²) in [4.78, 5) is 10.9. The summed E-state index contributed by atoms with van der Waals surface area (Å²) in [7, 11) is 0. The zero-order chi connectivity index (χ0) is 15.2. The van der Waals surface area contributed by atoms with Crippen LogP contribution in [0.5, 0.6) is 0 Å². The number of hydroxylamine groups is 2. The lowest BCUT2D eigenvalue weighted by Gasteiger charge is -2.13. The van der Waals surface area contributed by atoms with E-state index in [0.717, 1.165) is 11.1 Å². The smallest absolute Gasteiger partial charge is 0.243 e. The molecular weight excluding hydrogens is 286 g/mol. The summed E-state index contributed by atoms with van der Waals surface area (Å²) < 4.78 is 0. The van der Waals surface area contributed by atoms with E-state index in [1.165, 1.54) is 6.92 Å². The molecule has 0 aliphatic heterocycles. The van der Waals surface area contributed by atoms with E-state index in [1.54, 1.807) is 35.6 Å². The van der Waals surface area contributed by atoms with Gasteiger partial charge in [0.1, 0.15) is 6.10 Å². The van der Waals surface area contributed by atoms with Crippen LogP contribution in [0.15, 0.2) is 41.1 Å². The predicted molar refractivity (Wildman–Crippen MR) is 80.6 cm³/mol. The molecule has 0 bridgehead atoms. The summed E-state index contributed by atoms with van der Waals surface area (Å²) in [5.41, 5.74) is 2.33. The van der Waals surface area contributed by atoms with Crippen LogP contribution in [0.2, 0.25) is 0 Å². The van der Waals surface area contributed by atoms with Crippen LogP contribution in [0.25, 0.3) is 0 Å². The molecule has 4 nitrogen and oxygen atoms in total. The van der Waals surface area contributed by atoms with Crippen molar-refractivity contribution in [2.45, 2.75) is 19.6 Å². The lowest BCUT2D eigenvalue weighted by atomic mass is 10.1. The second-order valence-electron chi connectivity index (χ2n) is 4.50. The van der Waals surface area contributed by atoms with Crippen molar-refractivity contribution in [3.63, 3.8) is 0 Å². The van der Waals surface area contributed by atoms with Crippen LogP contribution in [0.3, 0.4) is 0 Å². The monoisotopic (exact) mass is 301 g/mol. The summed E-state index contributed by atoms with van der Waals surface area (Å²) in [5.74, 6) is 5.26. The van der Waals surface area contributed by atoms with Crippen molar-refractivity contribution in [2.75, 3.05) is 0 Å². The number of hydrogen-bond acceptors (Lipinski definition) is 4. The minimum atomic E-state index is -0.864. The molecule has 0 saturated heterocycles. The van der Waals surface area contributed by atoms with Gasteiger partial charge in [-0.3, -0.25) is 10.0 Å². The van der Waals surface area contributed by atoms with Crippen LogP contribution in [0, 0.1) is 11.8 Å². The molecule has 5 heteroatoms. The molecule has 0 spiro atoms. The van der Waals surface area contributed by atoms with Crippen molar-refractivity contribution >= 4 is 17.2 Å². The number of amides is 1. The zero-order valence-electron chi connectivity index (χ0n) is 11.5. The Bertz CT molecular complexity index is 653. The maximum Gasteiger partial charge on any atom is 0.243 e. The SMILES string of the molecule is CC(=O)N(O)Cc1ccc(C(O)C#Cc2ccsc2)cc1. The highest BCUT2D eigenvalue weighted by Gasteiger charge is 2.07. The number of aliphatic hydroxyl groups excluding tert-OH is 1. The lowest BCUT2D eigenvalue weighted by molar-refractivity contribution is -0.165. The fraction of sp³-hybridized carbons (Fsp3) is 0.188. The number of thiophene rings is 1. The molecular formula is C16H15NO3S. The first kappa shape index (κ1) is 15.3. The largest absolute Gasteiger partial charge is 0.376 e. The van der Waals surface area contributed by atoms with E-state index in [-0.39, 0.29) is 6.54 Å². The Morgan fingerprint density at radius 1 is 1.33 bits per heavy atom. The van der Waals surface area contributed by atoms with Gasteiger partial charge in [-0.15, -0.1) is 0 Å². The third kappa shape index (κ3) is 4.43. The summed E-state index contributed by atoms with van der Waals surface area (Å²) in [5, 5.41) is 23.8. The highest BCUT2D eigenvalue weighted by Crippen LogP contribution is 2.14. The van der Waals surface area contributed by atoms with Crippen molar-refractivity contribution in [2.24, 2.45) is 0 Å². The van der Waals surface area contributed by atoms with Crippen molar-refractivity contribution < 1.29 is 15.1 Å². The zero-order valence-corrected chi connectivity index (χ0v) is 12.3. The molecule has 0 fully saturated rings. The summed E-state index contributed by atoms with van der Waals surface area (Å²) >= 11 is 1.56. The maximum absolute atomic E-state index is 10.9. The molecule has 0 saturated carbocycles. The number of benzene rings is 1. The first-order valence-corrected chi connectivity index (χ1v) is 7.28. The van der Waals surface area contributed by atoms with Gasteiger partial charge < -0.3 is 5.11 Å². The van der Waals surface area contributed by atoms with E-state index in [9.17, 15) is 15.1 Å². The normalized spacial score (nSPS) is 11.4. The van der Waals surface area contributed by atoms with Crippen molar-refractivity contribution in [3.05, 3.63) is 57.8 Å². The number of rotatable bonds is 3. The van der Waals surface area contributed by atoms with E-state index in [0.29, 0.717) is 10.6 Å². The van der Waals surface area contributed by atoms with E-state index in [2.05, 4.69) is 11.8 Å². The fourth-order valence-corrected chi connectivity index (χ4v) is 2.25. The van der Waals surface area contributed by atoms with E-state index in [4.69, 9.17) is 0 Å². The molecule has 1 aromatic heterocycles. The number of carbonyl (C=O) groups is 1. The average Bonchev–Trinajstić information content (AvgIpc) is 2.98. The van der Waals surface area contributed by atoms with Gasteiger partial charge in [-0.2, -0.15) is 11.3 Å². The summed E-state index contributed by atoms with van der Waals surface area (Å²) in [6.07, 6.45) is -0.864. The van der Waals surface area contributed by atoms with E-state index in [1.807, 2.05) is 16.8 Å². The Morgan fingerprint density at radius 3 is 2.62 bits per heavy atom. The van der Waals surface area contributed by atoms with Gasteiger partial charge >= 0.3 is 0 Å². The van der Waals surface area contributed by atoms with Crippen LogP contribution in [-0.2, 0) is 11.3 Å². The molecule has 1 atom stereocenters. The third-order valence-electron chi connectivity index (χ3n) is 2.87. The molecule has 0 radical (unpaired) electrons. The molecule has 0 aliphatic carbocycles. The van der Waals surface area contributed by atoms with Gasteiger partial charge in [0.2, 0.25) is 5.91 Å². The molecule has 1 amide bonds. The van der Waals surface area contributed by atoms with Crippen LogP contribution < -0.4 is 0 Å². The Balaban J connectivity index is 2.03. The number of aliphatic hydroxyl groups is 1. The first-order chi connectivity index (χ1) is 10.1. The fourth-order valence-electron chi connectivity index (χ4n) is 1.66. The van der Waals surface area contributed by atoms with E-state index >= 15 is 0 Å². The third-order valence-corrected chi connectivity index (χ3v) is 3.55. The van der Waals surface area contributed by atoms with Gasteiger partial charge in [0.05, 0.1) is 6.54 Å². The van der Waals surface area contributed by atoms with Crippen LogP contribution in [0.1, 0.15) is 29.7 Å². The second-order valence-corrected chi connectivity index (χ2v) is 5.28. The van der Waals surface area contributed by atoms with Gasteiger partial charge in [-0.25, -0.2) is 5.06 Å². The molecule has 0 aliphatic rings. The molecule has 21 heavy (non-hydrogen) atoms. The average molecular weight is 301 g/mol. The molecule has 1 heterocycles. The molecule has 2 aromatic rings. The molecule has 108 valence electrons. The van der Waals surface area contributed by atoms with Gasteiger partial charge in [-0.1, -0.05) is 36.1 Å². The topological polar surface area (TPSA) is 60.8 Å². The number of nitrogens with zero attached hydrogens (tertiary/aromatic N) is 1. The quantitative estimate of drug-likeness (QED) is 0.520. The van der Waals surface area contributed by atoms with Crippen molar-refractivity contribution in [1.29, 1.82) is 0 Å². The highest BCUT2D eigenvalue weighted by molar-refractivity contribution is 7.08. The van der Waals surface area contributed by atoms with Crippen LogP contribution in [-0.4, -0.2) is 21.3 Å². The molecule has 2 N–H and O–H groups in total. The summed E-state index contributed by atoms with van der Waals surface area (Å²) in [6, 6.07) is 8.85. The minimum Gasteiger partial charge on any atom is -0.376 e. The van der Waals surface area contributed by atoms with Crippen molar-refractivity contribution in [1.82, 2.24) is 5.06 Å². The Labute approximate surface area is 127 Å². The standard InChI is InChI=1S/C16H15NO3S/c1-12(18)17(20)10-13-2-5-15(6-3-13)16(19)7-4-14-8-9-21-11-14/h2-3,5-6,8-9,11,16,19-20H,10H2,1H3. The van der Waals surface area contributed by atoms with Gasteiger partial charge in [0.25, 0.3) is 0 Å². The highest BCUT2D eigenvalue weighted by atomic mass is 32.1. The Hall–Kier alpha value is -2.13. The Kier molecular flexibility index (Phi) is 5.12. The molecule has 2 rings (SSSR count).